The minimum Gasteiger partial charge on any atom is -0.383 e. The molecule has 2 aromatic rings. The first-order valence-corrected chi connectivity index (χ1v) is 6.07. The van der Waals surface area contributed by atoms with E-state index in [0.717, 1.165) is 6.20 Å². The fraction of sp³-hybridized carbons (Fsp3) is 0.143. The highest BCUT2D eigenvalue weighted by atomic mass is 19.1. The number of rotatable bonds is 4. The molecule has 2 aromatic heterocycles. The molecule has 2 rings (SSSR count). The van der Waals surface area contributed by atoms with Gasteiger partial charge in [-0.1, -0.05) is 0 Å². The van der Waals surface area contributed by atoms with Crippen molar-refractivity contribution in [2.75, 3.05) is 14.1 Å². The number of aromatic nitrogens is 3. The molecule has 7 heteroatoms. The van der Waals surface area contributed by atoms with Gasteiger partial charge in [-0.05, 0) is 0 Å². The van der Waals surface area contributed by atoms with Gasteiger partial charge >= 0.3 is 0 Å². The number of pyridine rings is 1. The van der Waals surface area contributed by atoms with E-state index in [1.165, 1.54) is 41.5 Å². The quantitative estimate of drug-likeness (QED) is 0.621. The maximum atomic E-state index is 13.2. The summed E-state index contributed by atoms with van der Waals surface area (Å²) in [6, 6.07) is 2.41. The van der Waals surface area contributed by atoms with Crippen LogP contribution in [-0.2, 0) is 0 Å². The molecular weight excluding hydrogens is 275 g/mol. The molecule has 0 aromatic carbocycles. The van der Waals surface area contributed by atoms with E-state index in [9.17, 15) is 14.0 Å². The summed E-state index contributed by atoms with van der Waals surface area (Å²) in [5, 5.41) is 3.94. The van der Waals surface area contributed by atoms with E-state index in [1.54, 1.807) is 19.0 Å². The first kappa shape index (κ1) is 14.6. The van der Waals surface area contributed by atoms with Crippen molar-refractivity contribution in [3.63, 3.8) is 0 Å². The topological polar surface area (TPSA) is 68.1 Å². The second kappa shape index (κ2) is 6.08. The fourth-order valence-corrected chi connectivity index (χ4v) is 1.54. The van der Waals surface area contributed by atoms with Gasteiger partial charge in [0, 0.05) is 44.7 Å². The van der Waals surface area contributed by atoms with Gasteiger partial charge in [0.15, 0.2) is 5.69 Å². The average molecular weight is 288 g/mol. The van der Waals surface area contributed by atoms with E-state index in [-0.39, 0.29) is 5.69 Å². The molecule has 0 unspecified atom stereocenters. The van der Waals surface area contributed by atoms with Crippen LogP contribution in [0.1, 0.15) is 10.5 Å². The second-order valence-electron chi connectivity index (χ2n) is 4.48. The molecule has 0 spiro atoms. The molecule has 0 radical (unpaired) electrons. The molecule has 0 amide bonds. The molecule has 2 heterocycles. The smallest absolute Gasteiger partial charge is 0.211 e. The zero-order valence-corrected chi connectivity index (χ0v) is 11.5. The molecule has 0 saturated carbocycles. The van der Waals surface area contributed by atoms with Crippen molar-refractivity contribution in [2.24, 2.45) is 0 Å². The zero-order valence-electron chi connectivity index (χ0n) is 11.5. The molecule has 0 aliphatic rings. The molecule has 0 aliphatic heterocycles. The summed E-state index contributed by atoms with van der Waals surface area (Å²) in [6.07, 6.45) is 6.55. The lowest BCUT2D eigenvalue weighted by atomic mass is 10.2. The third-order valence-electron chi connectivity index (χ3n) is 2.52. The van der Waals surface area contributed by atoms with Gasteiger partial charge < -0.3 is 4.90 Å². The summed E-state index contributed by atoms with van der Waals surface area (Å²) in [4.78, 5) is 29.0. The van der Waals surface area contributed by atoms with Crippen molar-refractivity contribution >= 4 is 5.78 Å². The van der Waals surface area contributed by atoms with Crippen molar-refractivity contribution in [3.8, 4) is 5.69 Å². The van der Waals surface area contributed by atoms with Crippen LogP contribution in [0.5, 0.6) is 0 Å². The number of hydrogen-bond acceptors (Lipinski definition) is 5. The Morgan fingerprint density at radius 2 is 2.14 bits per heavy atom. The Kier molecular flexibility index (Phi) is 4.22. The SMILES string of the molecule is CN(C)C=CC(=O)c1nn(-c2cncc(F)c2)ccc1=O. The zero-order chi connectivity index (χ0) is 15.4. The molecule has 0 aliphatic carbocycles. The lowest BCUT2D eigenvalue weighted by molar-refractivity contribution is 0.103. The first-order valence-electron chi connectivity index (χ1n) is 6.07. The Hall–Kier alpha value is -2.83. The van der Waals surface area contributed by atoms with Gasteiger partial charge in [-0.15, -0.1) is 0 Å². The van der Waals surface area contributed by atoms with Crippen molar-refractivity contribution in [2.45, 2.75) is 0 Å². The summed E-state index contributed by atoms with van der Waals surface area (Å²) in [5.74, 6) is -1.05. The van der Waals surface area contributed by atoms with E-state index < -0.39 is 17.0 Å². The maximum absolute atomic E-state index is 13.2. The van der Waals surface area contributed by atoms with Gasteiger partial charge in [-0.2, -0.15) is 5.10 Å². The van der Waals surface area contributed by atoms with Crippen LogP contribution in [0.2, 0.25) is 0 Å². The minimum absolute atomic E-state index is 0.236. The lowest BCUT2D eigenvalue weighted by Gasteiger charge is -2.06. The first-order chi connectivity index (χ1) is 9.97. The van der Waals surface area contributed by atoms with Gasteiger partial charge in [-0.3, -0.25) is 14.6 Å². The Labute approximate surface area is 120 Å². The van der Waals surface area contributed by atoms with Crippen LogP contribution in [0.4, 0.5) is 4.39 Å². The number of halogens is 1. The molecule has 0 bridgehead atoms. The largest absolute Gasteiger partial charge is 0.383 e. The monoisotopic (exact) mass is 288 g/mol. The Morgan fingerprint density at radius 1 is 1.38 bits per heavy atom. The lowest BCUT2D eigenvalue weighted by Crippen LogP contribution is -2.20. The summed E-state index contributed by atoms with van der Waals surface area (Å²) >= 11 is 0. The highest BCUT2D eigenvalue weighted by Crippen LogP contribution is 2.05. The van der Waals surface area contributed by atoms with Crippen LogP contribution in [0.15, 0.2) is 47.8 Å². The molecule has 0 saturated heterocycles. The standard InChI is InChI=1S/C14H13FN4O2/c1-18(2)5-3-12(20)14-13(21)4-6-19(17-14)11-7-10(15)8-16-9-11/h3-9H,1-2H3. The number of carbonyl (C=O) groups excluding carboxylic acids is 1. The molecular formula is C14H13FN4O2. The summed E-state index contributed by atoms with van der Waals surface area (Å²) in [5.41, 5.74) is -0.412. The minimum atomic E-state index is -0.534. The second-order valence-corrected chi connectivity index (χ2v) is 4.48. The molecule has 0 fully saturated rings. The average Bonchev–Trinajstić information content (AvgIpc) is 2.45. The van der Waals surface area contributed by atoms with E-state index in [1.807, 2.05) is 0 Å². The molecule has 108 valence electrons. The fourth-order valence-electron chi connectivity index (χ4n) is 1.54. The van der Waals surface area contributed by atoms with Crippen molar-refractivity contribution in [1.29, 1.82) is 0 Å². The molecule has 0 N–H and O–H groups in total. The number of hydrogen-bond donors (Lipinski definition) is 0. The van der Waals surface area contributed by atoms with Crippen LogP contribution in [0.25, 0.3) is 5.69 Å². The highest BCUT2D eigenvalue weighted by Gasteiger charge is 2.11. The number of carbonyl (C=O) groups is 1. The Morgan fingerprint density at radius 3 is 2.81 bits per heavy atom. The van der Waals surface area contributed by atoms with E-state index >= 15 is 0 Å². The van der Waals surface area contributed by atoms with E-state index in [4.69, 9.17) is 0 Å². The predicted molar refractivity (Wildman–Crippen MR) is 74.7 cm³/mol. The van der Waals surface area contributed by atoms with Crippen LogP contribution >= 0.6 is 0 Å². The third kappa shape index (κ3) is 3.59. The van der Waals surface area contributed by atoms with Gasteiger partial charge in [0.25, 0.3) is 0 Å². The van der Waals surface area contributed by atoms with Gasteiger partial charge in [-0.25, -0.2) is 9.07 Å². The number of nitrogens with zero attached hydrogens (tertiary/aromatic N) is 4. The van der Waals surface area contributed by atoms with Gasteiger partial charge in [0.05, 0.1) is 18.1 Å². The van der Waals surface area contributed by atoms with Gasteiger partial charge in [0.2, 0.25) is 11.2 Å². The summed E-state index contributed by atoms with van der Waals surface area (Å²) in [6.45, 7) is 0. The molecule has 0 atom stereocenters. The van der Waals surface area contributed by atoms with E-state index in [0.29, 0.717) is 5.69 Å². The van der Waals surface area contributed by atoms with Crippen LogP contribution in [0, 0.1) is 5.82 Å². The highest BCUT2D eigenvalue weighted by molar-refractivity contribution is 6.02. The third-order valence-corrected chi connectivity index (χ3v) is 2.52. The van der Waals surface area contributed by atoms with Crippen LogP contribution in [0.3, 0.4) is 0 Å². The Bertz CT molecular complexity index is 753. The number of allylic oxidation sites excluding steroid dienone is 1. The molecule has 6 nitrogen and oxygen atoms in total. The van der Waals surface area contributed by atoms with Crippen molar-refractivity contribution in [3.05, 3.63) is 64.7 Å². The van der Waals surface area contributed by atoms with E-state index in [2.05, 4.69) is 10.1 Å². The molecule has 21 heavy (non-hydrogen) atoms. The van der Waals surface area contributed by atoms with Crippen molar-refractivity contribution < 1.29 is 9.18 Å². The van der Waals surface area contributed by atoms with Crippen LogP contribution < -0.4 is 5.43 Å². The maximum Gasteiger partial charge on any atom is 0.211 e. The Balaban J connectivity index is 2.42. The van der Waals surface area contributed by atoms with Crippen molar-refractivity contribution in [1.82, 2.24) is 19.7 Å². The normalized spacial score (nSPS) is 10.8. The number of ketones is 1. The predicted octanol–water partition coefficient (Wildman–Crippen LogP) is 1.02. The van der Waals surface area contributed by atoms with Gasteiger partial charge in [0.1, 0.15) is 5.82 Å². The summed E-state index contributed by atoms with van der Waals surface area (Å²) in [7, 11) is 3.50. The summed E-state index contributed by atoms with van der Waals surface area (Å²) < 4.78 is 14.4. The van der Waals surface area contributed by atoms with Crippen LogP contribution in [-0.4, -0.2) is 39.5 Å².